The minimum Gasteiger partial charge on any atom is -0.494 e. The SMILES string of the molecule is COc1ccc(NC(=O)C2CCN(c3nnc4ccccn34)CC2)cc1F. The van der Waals surface area contributed by atoms with Crippen molar-refractivity contribution in [1.82, 2.24) is 14.6 Å². The predicted octanol–water partition coefficient (Wildman–Crippen LogP) is 2.73. The lowest BCUT2D eigenvalue weighted by Gasteiger charge is -2.31. The van der Waals surface area contributed by atoms with Crippen LogP contribution in [0.5, 0.6) is 5.75 Å². The first kappa shape index (κ1) is 17.3. The number of rotatable bonds is 4. The van der Waals surface area contributed by atoms with Crippen LogP contribution in [0.4, 0.5) is 16.0 Å². The fourth-order valence-electron chi connectivity index (χ4n) is 3.37. The quantitative estimate of drug-likeness (QED) is 0.766. The van der Waals surface area contributed by atoms with Gasteiger partial charge in [-0.05, 0) is 37.1 Å². The molecule has 3 heterocycles. The van der Waals surface area contributed by atoms with Crippen molar-refractivity contribution in [3.8, 4) is 5.75 Å². The number of hydrogen-bond donors (Lipinski definition) is 1. The maximum Gasteiger partial charge on any atom is 0.231 e. The van der Waals surface area contributed by atoms with Crippen LogP contribution in [0, 0.1) is 11.7 Å². The molecule has 1 N–H and O–H groups in total. The first-order valence-corrected chi connectivity index (χ1v) is 8.85. The van der Waals surface area contributed by atoms with Gasteiger partial charge < -0.3 is 15.0 Å². The number of pyridine rings is 1. The molecule has 2 aromatic heterocycles. The lowest BCUT2D eigenvalue weighted by molar-refractivity contribution is -0.120. The fourth-order valence-corrected chi connectivity index (χ4v) is 3.37. The van der Waals surface area contributed by atoms with Gasteiger partial charge in [-0.1, -0.05) is 6.07 Å². The van der Waals surface area contributed by atoms with Crippen LogP contribution in [0.2, 0.25) is 0 Å². The van der Waals surface area contributed by atoms with Crippen molar-refractivity contribution in [2.24, 2.45) is 5.92 Å². The van der Waals surface area contributed by atoms with Crippen molar-refractivity contribution < 1.29 is 13.9 Å². The Morgan fingerprint density at radius 3 is 2.78 bits per heavy atom. The average Bonchev–Trinajstić information content (AvgIpc) is 3.12. The number of benzene rings is 1. The van der Waals surface area contributed by atoms with E-state index in [2.05, 4.69) is 20.4 Å². The van der Waals surface area contributed by atoms with Crippen LogP contribution in [0.1, 0.15) is 12.8 Å². The Hall–Kier alpha value is -3.16. The van der Waals surface area contributed by atoms with Crippen molar-refractivity contribution in [2.45, 2.75) is 12.8 Å². The van der Waals surface area contributed by atoms with Crippen LogP contribution >= 0.6 is 0 Å². The van der Waals surface area contributed by atoms with Crippen molar-refractivity contribution in [2.75, 3.05) is 30.4 Å². The summed E-state index contributed by atoms with van der Waals surface area (Å²) in [5.74, 6) is 0.239. The molecule has 27 heavy (non-hydrogen) atoms. The van der Waals surface area contributed by atoms with E-state index in [9.17, 15) is 9.18 Å². The van der Waals surface area contributed by atoms with Gasteiger partial charge in [0.1, 0.15) is 0 Å². The van der Waals surface area contributed by atoms with E-state index in [1.165, 1.54) is 19.2 Å². The minimum absolute atomic E-state index is 0.0923. The maximum absolute atomic E-state index is 13.8. The molecule has 1 saturated heterocycles. The zero-order valence-corrected chi connectivity index (χ0v) is 14.9. The van der Waals surface area contributed by atoms with Gasteiger partial charge >= 0.3 is 0 Å². The molecule has 4 rings (SSSR count). The zero-order chi connectivity index (χ0) is 18.8. The Bertz CT molecular complexity index is 966. The number of carbonyl (C=O) groups excluding carboxylic acids is 1. The monoisotopic (exact) mass is 369 g/mol. The Labute approximate surface area is 155 Å². The van der Waals surface area contributed by atoms with E-state index in [0.717, 1.165) is 11.6 Å². The number of nitrogens with one attached hydrogen (secondary N) is 1. The van der Waals surface area contributed by atoms with Crippen molar-refractivity contribution in [3.63, 3.8) is 0 Å². The largest absolute Gasteiger partial charge is 0.494 e. The molecule has 0 spiro atoms. The molecule has 1 amide bonds. The molecule has 0 atom stereocenters. The lowest BCUT2D eigenvalue weighted by Crippen LogP contribution is -2.39. The first-order chi connectivity index (χ1) is 13.2. The van der Waals surface area contributed by atoms with Gasteiger partial charge in [-0.3, -0.25) is 9.20 Å². The molecule has 7 nitrogen and oxygen atoms in total. The van der Waals surface area contributed by atoms with E-state index in [-0.39, 0.29) is 17.6 Å². The van der Waals surface area contributed by atoms with Crippen LogP contribution < -0.4 is 15.0 Å². The summed E-state index contributed by atoms with van der Waals surface area (Å²) in [6.07, 6.45) is 3.33. The summed E-state index contributed by atoms with van der Waals surface area (Å²) in [6.45, 7) is 1.43. The van der Waals surface area contributed by atoms with Crippen molar-refractivity contribution in [3.05, 3.63) is 48.4 Å². The number of fused-ring (bicyclic) bond motifs is 1. The summed E-state index contributed by atoms with van der Waals surface area (Å²) in [4.78, 5) is 14.7. The third kappa shape index (κ3) is 3.42. The molecule has 0 aliphatic carbocycles. The third-order valence-electron chi connectivity index (χ3n) is 4.86. The van der Waals surface area contributed by atoms with Gasteiger partial charge in [0.15, 0.2) is 17.2 Å². The van der Waals surface area contributed by atoms with Gasteiger partial charge in [-0.25, -0.2) is 4.39 Å². The molecule has 3 aromatic rings. The summed E-state index contributed by atoms with van der Waals surface area (Å²) >= 11 is 0. The molecule has 1 aromatic carbocycles. The summed E-state index contributed by atoms with van der Waals surface area (Å²) < 4.78 is 20.6. The first-order valence-electron chi connectivity index (χ1n) is 8.85. The molecular weight excluding hydrogens is 349 g/mol. The fraction of sp³-hybridized carbons (Fsp3) is 0.316. The second-order valence-corrected chi connectivity index (χ2v) is 6.53. The Morgan fingerprint density at radius 1 is 1.22 bits per heavy atom. The van der Waals surface area contributed by atoms with Crippen LogP contribution in [-0.4, -0.2) is 40.7 Å². The summed E-state index contributed by atoms with van der Waals surface area (Å²) in [7, 11) is 1.41. The Morgan fingerprint density at radius 2 is 2.04 bits per heavy atom. The highest BCUT2D eigenvalue weighted by Crippen LogP contribution is 2.25. The van der Waals surface area contributed by atoms with Crippen LogP contribution in [0.25, 0.3) is 5.65 Å². The number of hydrogen-bond acceptors (Lipinski definition) is 5. The van der Waals surface area contributed by atoms with E-state index in [1.54, 1.807) is 6.07 Å². The molecule has 1 aliphatic rings. The number of carbonyl (C=O) groups is 1. The second kappa shape index (κ2) is 7.22. The number of amides is 1. The normalized spacial score (nSPS) is 15.1. The number of piperidine rings is 1. The van der Waals surface area contributed by atoms with Gasteiger partial charge in [0.05, 0.1) is 7.11 Å². The van der Waals surface area contributed by atoms with Crippen molar-refractivity contribution in [1.29, 1.82) is 0 Å². The molecule has 1 aliphatic heterocycles. The van der Waals surface area contributed by atoms with E-state index < -0.39 is 5.82 Å². The molecule has 0 unspecified atom stereocenters. The minimum atomic E-state index is -0.496. The van der Waals surface area contributed by atoms with Gasteiger partial charge in [-0.2, -0.15) is 0 Å². The van der Waals surface area contributed by atoms with Crippen LogP contribution in [0.15, 0.2) is 42.6 Å². The molecule has 0 bridgehead atoms. The topological polar surface area (TPSA) is 71.8 Å². The number of ether oxygens (including phenoxy) is 1. The van der Waals surface area contributed by atoms with E-state index in [0.29, 0.717) is 31.6 Å². The zero-order valence-electron chi connectivity index (χ0n) is 14.9. The summed E-state index contributed by atoms with van der Waals surface area (Å²) in [5, 5.41) is 11.2. The average molecular weight is 369 g/mol. The Balaban J connectivity index is 1.38. The maximum atomic E-state index is 13.8. The second-order valence-electron chi connectivity index (χ2n) is 6.53. The summed E-state index contributed by atoms with van der Waals surface area (Å²) in [6, 6.07) is 10.2. The van der Waals surface area contributed by atoms with Gasteiger partial charge in [0.25, 0.3) is 0 Å². The summed E-state index contributed by atoms with van der Waals surface area (Å²) in [5.41, 5.74) is 1.23. The highest BCUT2D eigenvalue weighted by atomic mass is 19.1. The third-order valence-corrected chi connectivity index (χ3v) is 4.86. The van der Waals surface area contributed by atoms with E-state index in [1.807, 2.05) is 28.8 Å². The van der Waals surface area contributed by atoms with Gasteiger partial charge in [-0.15, -0.1) is 10.2 Å². The van der Waals surface area contributed by atoms with E-state index >= 15 is 0 Å². The van der Waals surface area contributed by atoms with Crippen LogP contribution in [-0.2, 0) is 4.79 Å². The molecule has 0 saturated carbocycles. The number of halogens is 1. The number of anilines is 2. The lowest BCUT2D eigenvalue weighted by atomic mass is 9.96. The highest BCUT2D eigenvalue weighted by Gasteiger charge is 2.27. The molecular formula is C19H20FN5O2. The van der Waals surface area contributed by atoms with Crippen molar-refractivity contribution >= 4 is 23.2 Å². The number of methoxy groups -OCH3 is 1. The number of nitrogens with zero attached hydrogens (tertiary/aromatic N) is 4. The van der Waals surface area contributed by atoms with Gasteiger partial charge in [0.2, 0.25) is 11.9 Å². The van der Waals surface area contributed by atoms with Gasteiger partial charge in [0, 0.05) is 37.0 Å². The molecule has 8 heteroatoms. The smallest absolute Gasteiger partial charge is 0.231 e. The predicted molar refractivity (Wildman–Crippen MR) is 99.5 cm³/mol. The van der Waals surface area contributed by atoms with E-state index in [4.69, 9.17) is 4.74 Å². The molecule has 1 fully saturated rings. The molecule has 0 radical (unpaired) electrons. The highest BCUT2D eigenvalue weighted by molar-refractivity contribution is 5.92. The standard InChI is InChI=1S/C19H20FN5O2/c1-27-16-6-5-14(12-15(16)20)21-18(26)13-7-10-24(11-8-13)19-23-22-17-4-2-3-9-25(17)19/h2-6,9,12-13H,7-8,10-11H2,1H3,(H,21,26). The van der Waals surface area contributed by atoms with Crippen LogP contribution in [0.3, 0.4) is 0 Å². The Kier molecular flexibility index (Phi) is 4.62. The molecule has 140 valence electrons. The number of aromatic nitrogens is 3.